The van der Waals surface area contributed by atoms with E-state index in [4.69, 9.17) is 0 Å². The number of halogens is 4. The molecule has 0 bridgehead atoms. The zero-order valence-electron chi connectivity index (χ0n) is 9.39. The highest BCUT2D eigenvalue weighted by atomic mass is 127. The van der Waals surface area contributed by atoms with Gasteiger partial charge in [0, 0.05) is 9.99 Å². The number of alkyl halides is 3. The molecule has 0 aliphatic rings. The van der Waals surface area contributed by atoms with Crippen LogP contribution in [0.5, 0.6) is 0 Å². The minimum absolute atomic E-state index is 0.0670. The van der Waals surface area contributed by atoms with Crippen LogP contribution >= 0.6 is 22.6 Å². The molecule has 0 saturated carbocycles. The molecule has 1 aromatic carbocycles. The largest absolute Gasteiger partial charge is 0.389 e. The Hall–Kier alpha value is -0.300. The van der Waals surface area contributed by atoms with Crippen LogP contribution in [0.3, 0.4) is 0 Å². The molecular weight excluding hydrogens is 344 g/mol. The van der Waals surface area contributed by atoms with Crippen LogP contribution in [0, 0.1) is 3.57 Å². The zero-order chi connectivity index (χ0) is 13.1. The van der Waals surface area contributed by atoms with Gasteiger partial charge in [0.2, 0.25) is 0 Å². The topological polar surface area (TPSA) is 20.2 Å². The van der Waals surface area contributed by atoms with Crippen molar-refractivity contribution in [1.29, 1.82) is 0 Å². The molecule has 1 aromatic rings. The highest BCUT2D eigenvalue weighted by molar-refractivity contribution is 14.1. The predicted molar refractivity (Wildman–Crippen MR) is 68.6 cm³/mol. The first-order valence-corrected chi connectivity index (χ1v) is 6.34. The second kappa shape index (κ2) is 5.56. The lowest BCUT2D eigenvalue weighted by Gasteiger charge is -2.24. The first-order chi connectivity index (χ1) is 7.71. The SMILES string of the molecule is CC(O)(CCCC(F)(F)F)c1ccc(I)cc1. The van der Waals surface area contributed by atoms with Gasteiger partial charge in [-0.25, -0.2) is 0 Å². The van der Waals surface area contributed by atoms with Crippen molar-refractivity contribution < 1.29 is 18.3 Å². The second-order valence-corrected chi connectivity index (χ2v) is 5.50. The van der Waals surface area contributed by atoms with Crippen molar-refractivity contribution in [1.82, 2.24) is 0 Å². The van der Waals surface area contributed by atoms with Gasteiger partial charge in [0.15, 0.2) is 0 Å². The van der Waals surface area contributed by atoms with Crippen molar-refractivity contribution in [3.63, 3.8) is 0 Å². The standard InChI is InChI=1S/C12H14F3IO/c1-11(17,7-2-8-12(13,14)15)9-3-5-10(16)6-4-9/h3-6,17H,2,7-8H2,1H3. The highest BCUT2D eigenvalue weighted by Gasteiger charge is 2.29. The van der Waals surface area contributed by atoms with Crippen molar-refractivity contribution in [3.8, 4) is 0 Å². The van der Waals surface area contributed by atoms with Gasteiger partial charge >= 0.3 is 6.18 Å². The summed E-state index contributed by atoms with van der Waals surface area (Å²) in [6.45, 7) is 1.55. The number of aliphatic hydroxyl groups is 1. The molecule has 1 atom stereocenters. The molecular formula is C12H14F3IO. The summed E-state index contributed by atoms with van der Waals surface area (Å²) in [6.07, 6.45) is -4.97. The molecule has 0 aliphatic heterocycles. The summed E-state index contributed by atoms with van der Waals surface area (Å²) in [7, 11) is 0. The third-order valence-electron chi connectivity index (χ3n) is 2.59. The lowest BCUT2D eigenvalue weighted by Crippen LogP contribution is -2.22. The lowest BCUT2D eigenvalue weighted by atomic mass is 9.90. The van der Waals surface area contributed by atoms with Crippen LogP contribution in [-0.2, 0) is 5.60 Å². The maximum atomic E-state index is 12.0. The molecule has 0 saturated heterocycles. The van der Waals surface area contributed by atoms with Gasteiger partial charge in [-0.3, -0.25) is 0 Å². The van der Waals surface area contributed by atoms with E-state index in [9.17, 15) is 18.3 Å². The van der Waals surface area contributed by atoms with Crippen molar-refractivity contribution in [2.75, 3.05) is 0 Å². The van der Waals surface area contributed by atoms with Crippen LogP contribution in [0.4, 0.5) is 13.2 Å². The Kier molecular flexibility index (Phi) is 4.83. The van der Waals surface area contributed by atoms with Crippen molar-refractivity contribution in [2.24, 2.45) is 0 Å². The van der Waals surface area contributed by atoms with E-state index in [1.807, 2.05) is 12.1 Å². The third kappa shape index (κ3) is 5.25. The molecule has 0 spiro atoms. The Balaban J connectivity index is 2.59. The van der Waals surface area contributed by atoms with Gasteiger partial charge in [0.25, 0.3) is 0 Å². The van der Waals surface area contributed by atoms with Gasteiger partial charge in [-0.2, -0.15) is 13.2 Å². The monoisotopic (exact) mass is 358 g/mol. The quantitative estimate of drug-likeness (QED) is 0.799. The maximum absolute atomic E-state index is 12.0. The molecule has 1 nitrogen and oxygen atoms in total. The van der Waals surface area contributed by atoms with Gasteiger partial charge in [0.1, 0.15) is 0 Å². The van der Waals surface area contributed by atoms with Gasteiger partial charge < -0.3 is 5.11 Å². The van der Waals surface area contributed by atoms with Crippen LogP contribution in [0.25, 0.3) is 0 Å². The fourth-order valence-electron chi connectivity index (χ4n) is 1.59. The Morgan fingerprint density at radius 1 is 1.12 bits per heavy atom. The maximum Gasteiger partial charge on any atom is 0.389 e. The normalized spacial score (nSPS) is 15.6. The summed E-state index contributed by atoms with van der Waals surface area (Å²) in [4.78, 5) is 0. The summed E-state index contributed by atoms with van der Waals surface area (Å²) < 4.78 is 37.0. The Morgan fingerprint density at radius 2 is 1.65 bits per heavy atom. The van der Waals surface area contributed by atoms with Crippen molar-refractivity contribution in [3.05, 3.63) is 33.4 Å². The molecule has 96 valence electrons. The van der Waals surface area contributed by atoms with E-state index in [0.717, 1.165) is 3.57 Å². The van der Waals surface area contributed by atoms with Crippen molar-refractivity contribution >= 4 is 22.6 Å². The molecule has 1 rings (SSSR count). The smallest absolute Gasteiger partial charge is 0.385 e. The molecule has 1 unspecified atom stereocenters. The van der Waals surface area contributed by atoms with E-state index < -0.39 is 18.2 Å². The van der Waals surface area contributed by atoms with Gasteiger partial charge in [0.05, 0.1) is 5.60 Å². The Morgan fingerprint density at radius 3 is 2.12 bits per heavy atom. The van der Waals surface area contributed by atoms with Crippen LogP contribution in [0.1, 0.15) is 31.7 Å². The van der Waals surface area contributed by atoms with Gasteiger partial charge in [-0.1, -0.05) is 12.1 Å². The molecule has 5 heteroatoms. The van der Waals surface area contributed by atoms with Crippen molar-refractivity contribution in [2.45, 2.75) is 38.0 Å². The molecule has 0 fully saturated rings. The summed E-state index contributed by atoms with van der Waals surface area (Å²) in [5.41, 5.74) is -0.546. The van der Waals surface area contributed by atoms with E-state index in [1.54, 1.807) is 19.1 Å². The lowest BCUT2D eigenvalue weighted by molar-refractivity contribution is -0.137. The molecule has 1 N–H and O–H groups in total. The average Bonchev–Trinajstić information content (AvgIpc) is 2.15. The van der Waals surface area contributed by atoms with E-state index >= 15 is 0 Å². The predicted octanol–water partition coefficient (Wildman–Crippen LogP) is 4.23. The Labute approximate surface area is 112 Å². The number of hydrogen-bond donors (Lipinski definition) is 1. The highest BCUT2D eigenvalue weighted by Crippen LogP contribution is 2.30. The third-order valence-corrected chi connectivity index (χ3v) is 3.31. The van der Waals surface area contributed by atoms with E-state index in [2.05, 4.69) is 22.6 Å². The molecule has 17 heavy (non-hydrogen) atoms. The van der Waals surface area contributed by atoms with E-state index in [-0.39, 0.29) is 12.8 Å². The average molecular weight is 358 g/mol. The summed E-state index contributed by atoms with van der Waals surface area (Å²) in [5, 5.41) is 10.1. The molecule has 0 aliphatic carbocycles. The Bertz CT molecular complexity index is 357. The minimum Gasteiger partial charge on any atom is -0.385 e. The first-order valence-electron chi connectivity index (χ1n) is 5.26. The van der Waals surface area contributed by atoms with Crippen LogP contribution in [0.2, 0.25) is 0 Å². The second-order valence-electron chi connectivity index (χ2n) is 4.25. The number of benzene rings is 1. The summed E-state index contributed by atoms with van der Waals surface area (Å²) in [5.74, 6) is 0. The zero-order valence-corrected chi connectivity index (χ0v) is 11.5. The van der Waals surface area contributed by atoms with Gasteiger partial charge in [-0.15, -0.1) is 0 Å². The fraction of sp³-hybridized carbons (Fsp3) is 0.500. The first kappa shape index (κ1) is 14.8. The van der Waals surface area contributed by atoms with Crippen LogP contribution in [-0.4, -0.2) is 11.3 Å². The minimum atomic E-state index is -4.15. The fourth-order valence-corrected chi connectivity index (χ4v) is 1.95. The van der Waals surface area contributed by atoms with E-state index in [1.165, 1.54) is 0 Å². The van der Waals surface area contributed by atoms with E-state index in [0.29, 0.717) is 5.56 Å². The number of hydrogen-bond acceptors (Lipinski definition) is 1. The number of rotatable bonds is 4. The molecule has 0 amide bonds. The van der Waals surface area contributed by atoms with Crippen LogP contribution in [0.15, 0.2) is 24.3 Å². The summed E-state index contributed by atoms with van der Waals surface area (Å²) in [6, 6.07) is 7.15. The molecule has 0 heterocycles. The van der Waals surface area contributed by atoms with Gasteiger partial charge in [-0.05, 0) is 60.1 Å². The molecule has 0 radical (unpaired) electrons. The van der Waals surface area contributed by atoms with Crippen LogP contribution < -0.4 is 0 Å². The summed E-state index contributed by atoms with van der Waals surface area (Å²) >= 11 is 2.13. The molecule has 0 aromatic heterocycles.